The van der Waals surface area contributed by atoms with E-state index in [1.807, 2.05) is 19.6 Å². The van der Waals surface area contributed by atoms with E-state index in [2.05, 4.69) is 14.9 Å². The van der Waals surface area contributed by atoms with Crippen LogP contribution in [0.3, 0.4) is 0 Å². The van der Waals surface area contributed by atoms with Gasteiger partial charge in [-0.1, -0.05) is 0 Å². The molecule has 0 saturated heterocycles. The number of aromatic nitrogens is 2. The number of nitrogens with zero attached hydrogens (tertiary/aromatic N) is 2. The summed E-state index contributed by atoms with van der Waals surface area (Å²) in [6.45, 7) is 2.45. The van der Waals surface area contributed by atoms with Crippen LogP contribution in [-0.4, -0.2) is 30.3 Å². The van der Waals surface area contributed by atoms with Crippen LogP contribution in [0.1, 0.15) is 5.69 Å². The zero-order chi connectivity index (χ0) is 8.81. The van der Waals surface area contributed by atoms with Gasteiger partial charge in [-0.3, -0.25) is 0 Å². The van der Waals surface area contributed by atoms with Gasteiger partial charge in [0.2, 0.25) is 0 Å². The van der Waals surface area contributed by atoms with E-state index in [0.717, 1.165) is 19.7 Å². The van der Waals surface area contributed by atoms with Crippen molar-refractivity contribution in [1.29, 1.82) is 0 Å². The zero-order valence-corrected chi connectivity index (χ0v) is 7.58. The molecule has 0 fully saturated rings. The van der Waals surface area contributed by atoms with Gasteiger partial charge in [0, 0.05) is 26.4 Å². The molecule has 4 heteroatoms. The molecule has 0 radical (unpaired) electrons. The molecule has 12 heavy (non-hydrogen) atoms. The van der Waals surface area contributed by atoms with Gasteiger partial charge in [-0.2, -0.15) is 0 Å². The highest BCUT2D eigenvalue weighted by atomic mass is 16.5. The van der Waals surface area contributed by atoms with Gasteiger partial charge < -0.3 is 14.6 Å². The van der Waals surface area contributed by atoms with E-state index in [1.165, 1.54) is 5.69 Å². The lowest BCUT2D eigenvalue weighted by Crippen LogP contribution is -2.12. The SMILES string of the molecule is CNCc1cncn1CCOC. The van der Waals surface area contributed by atoms with Crippen molar-refractivity contribution >= 4 is 0 Å². The van der Waals surface area contributed by atoms with Gasteiger partial charge in [-0.15, -0.1) is 0 Å². The van der Waals surface area contributed by atoms with Crippen LogP contribution in [0.4, 0.5) is 0 Å². The van der Waals surface area contributed by atoms with Crippen molar-refractivity contribution in [1.82, 2.24) is 14.9 Å². The Balaban J connectivity index is 2.51. The van der Waals surface area contributed by atoms with Gasteiger partial charge in [-0.05, 0) is 7.05 Å². The largest absolute Gasteiger partial charge is 0.383 e. The zero-order valence-electron chi connectivity index (χ0n) is 7.58. The highest BCUT2D eigenvalue weighted by Gasteiger charge is 1.98. The summed E-state index contributed by atoms with van der Waals surface area (Å²) in [4.78, 5) is 4.06. The van der Waals surface area contributed by atoms with Crippen LogP contribution >= 0.6 is 0 Å². The van der Waals surface area contributed by atoms with E-state index in [1.54, 1.807) is 7.11 Å². The minimum Gasteiger partial charge on any atom is -0.383 e. The summed E-state index contributed by atoms with van der Waals surface area (Å²) in [6.07, 6.45) is 3.69. The molecule has 0 amide bonds. The first-order valence-electron chi connectivity index (χ1n) is 4.01. The van der Waals surface area contributed by atoms with Gasteiger partial charge in [0.15, 0.2) is 0 Å². The van der Waals surface area contributed by atoms with Crippen molar-refractivity contribution in [3.8, 4) is 0 Å². The average Bonchev–Trinajstić information content (AvgIpc) is 2.50. The van der Waals surface area contributed by atoms with Gasteiger partial charge in [0.05, 0.1) is 18.6 Å². The van der Waals surface area contributed by atoms with Crippen molar-refractivity contribution in [2.45, 2.75) is 13.1 Å². The first-order valence-corrected chi connectivity index (χ1v) is 4.01. The van der Waals surface area contributed by atoms with Gasteiger partial charge >= 0.3 is 0 Å². The van der Waals surface area contributed by atoms with Crippen LogP contribution in [-0.2, 0) is 17.8 Å². The predicted molar refractivity (Wildman–Crippen MR) is 46.9 cm³/mol. The van der Waals surface area contributed by atoms with E-state index >= 15 is 0 Å². The van der Waals surface area contributed by atoms with E-state index in [0.29, 0.717) is 0 Å². The summed E-state index contributed by atoms with van der Waals surface area (Å²) in [5, 5.41) is 3.09. The normalized spacial score (nSPS) is 10.5. The first-order chi connectivity index (χ1) is 5.88. The van der Waals surface area contributed by atoms with Gasteiger partial charge in [-0.25, -0.2) is 4.98 Å². The lowest BCUT2D eigenvalue weighted by Gasteiger charge is -2.05. The van der Waals surface area contributed by atoms with Crippen LogP contribution in [0, 0.1) is 0 Å². The monoisotopic (exact) mass is 169 g/mol. The van der Waals surface area contributed by atoms with Crippen molar-refractivity contribution in [3.63, 3.8) is 0 Å². The molecule has 1 N–H and O–H groups in total. The van der Waals surface area contributed by atoms with Gasteiger partial charge in [0.25, 0.3) is 0 Å². The maximum atomic E-state index is 4.98. The average molecular weight is 169 g/mol. The number of ether oxygens (including phenoxy) is 1. The van der Waals surface area contributed by atoms with Crippen molar-refractivity contribution in [3.05, 3.63) is 18.2 Å². The van der Waals surface area contributed by atoms with E-state index < -0.39 is 0 Å². The molecule has 1 aromatic heterocycles. The minimum atomic E-state index is 0.729. The first kappa shape index (κ1) is 9.22. The smallest absolute Gasteiger partial charge is 0.0949 e. The topological polar surface area (TPSA) is 39.1 Å². The maximum Gasteiger partial charge on any atom is 0.0949 e. The van der Waals surface area contributed by atoms with Crippen LogP contribution < -0.4 is 5.32 Å². The molecule has 0 spiro atoms. The molecular formula is C8H15N3O. The lowest BCUT2D eigenvalue weighted by molar-refractivity contribution is 0.186. The molecule has 0 aliphatic carbocycles. The Morgan fingerprint density at radius 2 is 2.50 bits per heavy atom. The molecule has 0 bridgehead atoms. The number of hydrogen-bond acceptors (Lipinski definition) is 3. The van der Waals surface area contributed by atoms with Crippen molar-refractivity contribution in [2.75, 3.05) is 20.8 Å². The second kappa shape index (κ2) is 4.90. The molecule has 0 atom stereocenters. The number of nitrogens with one attached hydrogen (secondary N) is 1. The predicted octanol–water partition coefficient (Wildman–Crippen LogP) is 0.249. The summed E-state index contributed by atoms with van der Waals surface area (Å²) in [5.41, 5.74) is 1.19. The fourth-order valence-electron chi connectivity index (χ4n) is 1.07. The number of rotatable bonds is 5. The Morgan fingerprint density at radius 3 is 3.17 bits per heavy atom. The van der Waals surface area contributed by atoms with Crippen molar-refractivity contribution in [2.24, 2.45) is 0 Å². The number of hydrogen-bond donors (Lipinski definition) is 1. The van der Waals surface area contributed by atoms with Gasteiger partial charge in [0.1, 0.15) is 0 Å². The summed E-state index contributed by atoms with van der Waals surface area (Å²) in [6, 6.07) is 0. The van der Waals surface area contributed by atoms with Crippen LogP contribution in [0.2, 0.25) is 0 Å². The second-order valence-corrected chi connectivity index (χ2v) is 2.60. The third kappa shape index (κ3) is 2.32. The molecule has 0 unspecified atom stereocenters. The third-order valence-corrected chi connectivity index (χ3v) is 1.69. The fraction of sp³-hybridized carbons (Fsp3) is 0.625. The van der Waals surface area contributed by atoms with Crippen LogP contribution in [0.5, 0.6) is 0 Å². The molecule has 0 aliphatic rings. The molecule has 0 aromatic carbocycles. The maximum absolute atomic E-state index is 4.98. The summed E-state index contributed by atoms with van der Waals surface area (Å²) < 4.78 is 7.06. The summed E-state index contributed by atoms with van der Waals surface area (Å²) >= 11 is 0. The molecule has 0 saturated carbocycles. The van der Waals surface area contributed by atoms with Crippen LogP contribution in [0.25, 0.3) is 0 Å². The number of imidazole rings is 1. The molecule has 4 nitrogen and oxygen atoms in total. The second-order valence-electron chi connectivity index (χ2n) is 2.60. The van der Waals surface area contributed by atoms with E-state index in [-0.39, 0.29) is 0 Å². The Hall–Kier alpha value is -0.870. The molecule has 1 aromatic rings. The number of methoxy groups -OCH3 is 1. The Labute approximate surface area is 72.6 Å². The molecular weight excluding hydrogens is 154 g/mol. The van der Waals surface area contributed by atoms with E-state index in [4.69, 9.17) is 4.74 Å². The lowest BCUT2D eigenvalue weighted by atomic mass is 10.4. The van der Waals surface area contributed by atoms with E-state index in [9.17, 15) is 0 Å². The Bertz CT molecular complexity index is 222. The highest BCUT2D eigenvalue weighted by molar-refractivity contribution is 4.97. The standard InChI is InChI=1S/C8H15N3O/c1-9-5-8-6-10-7-11(8)3-4-12-2/h6-7,9H,3-5H2,1-2H3. The molecule has 1 rings (SSSR count). The van der Waals surface area contributed by atoms with Crippen molar-refractivity contribution < 1.29 is 4.74 Å². The summed E-state index contributed by atoms with van der Waals surface area (Å²) in [5.74, 6) is 0. The Kier molecular flexibility index (Phi) is 3.76. The fourth-order valence-corrected chi connectivity index (χ4v) is 1.07. The molecule has 0 aliphatic heterocycles. The highest BCUT2D eigenvalue weighted by Crippen LogP contribution is 1.97. The molecule has 68 valence electrons. The quantitative estimate of drug-likeness (QED) is 0.686. The van der Waals surface area contributed by atoms with Crippen LogP contribution in [0.15, 0.2) is 12.5 Å². The Morgan fingerprint density at radius 1 is 1.67 bits per heavy atom. The minimum absolute atomic E-state index is 0.729. The summed E-state index contributed by atoms with van der Waals surface area (Å²) in [7, 11) is 3.63. The third-order valence-electron chi connectivity index (χ3n) is 1.69. The molecule has 1 heterocycles.